The first-order chi connectivity index (χ1) is 14.2. The predicted octanol–water partition coefficient (Wildman–Crippen LogP) is 4.45. The Morgan fingerprint density at radius 1 is 1.07 bits per heavy atom. The van der Waals surface area contributed by atoms with Crippen LogP contribution in [0.1, 0.15) is 17.4 Å². The highest BCUT2D eigenvalue weighted by molar-refractivity contribution is 6.29. The number of halogens is 4. The van der Waals surface area contributed by atoms with E-state index in [0.29, 0.717) is 5.56 Å². The van der Waals surface area contributed by atoms with Gasteiger partial charge in [-0.2, -0.15) is 4.98 Å². The topological polar surface area (TPSA) is 96.3 Å². The highest BCUT2D eigenvalue weighted by Gasteiger charge is 2.31. The SMILES string of the molecule is CCOC(=O)c1nnc(-c2ccc(OC(F)(F)F)cc2)nc1Oc1ccc(Cl)nc1. The minimum absolute atomic E-state index is 0.00136. The molecule has 12 heteroatoms. The second-order valence-corrected chi connectivity index (χ2v) is 5.89. The number of carbonyl (C=O) groups is 1. The fraction of sp³-hybridized carbons (Fsp3) is 0.167. The molecule has 0 aliphatic heterocycles. The summed E-state index contributed by atoms with van der Waals surface area (Å²) in [4.78, 5) is 20.1. The van der Waals surface area contributed by atoms with E-state index in [-0.39, 0.29) is 34.9 Å². The number of aromatic nitrogens is 4. The maximum absolute atomic E-state index is 12.3. The summed E-state index contributed by atoms with van der Waals surface area (Å²) < 4.78 is 51.2. The maximum atomic E-state index is 12.3. The summed E-state index contributed by atoms with van der Waals surface area (Å²) in [6, 6.07) is 7.75. The molecule has 0 spiro atoms. The molecule has 0 unspecified atom stereocenters. The number of hydrogen-bond acceptors (Lipinski definition) is 8. The van der Waals surface area contributed by atoms with E-state index >= 15 is 0 Å². The number of hydrogen-bond donors (Lipinski definition) is 0. The van der Waals surface area contributed by atoms with Crippen molar-refractivity contribution in [1.82, 2.24) is 20.2 Å². The third-order valence-electron chi connectivity index (χ3n) is 3.38. The lowest BCUT2D eigenvalue weighted by atomic mass is 10.2. The van der Waals surface area contributed by atoms with Crippen LogP contribution >= 0.6 is 11.6 Å². The zero-order valence-electron chi connectivity index (χ0n) is 15.2. The van der Waals surface area contributed by atoms with Crippen molar-refractivity contribution in [2.24, 2.45) is 0 Å². The van der Waals surface area contributed by atoms with Crippen LogP contribution in [0, 0.1) is 0 Å². The van der Waals surface area contributed by atoms with Gasteiger partial charge in [0.2, 0.25) is 5.69 Å². The monoisotopic (exact) mass is 440 g/mol. The van der Waals surface area contributed by atoms with Gasteiger partial charge in [-0.15, -0.1) is 23.4 Å². The van der Waals surface area contributed by atoms with Gasteiger partial charge in [0.1, 0.15) is 16.7 Å². The minimum Gasteiger partial charge on any atom is -0.461 e. The Morgan fingerprint density at radius 2 is 1.77 bits per heavy atom. The quantitative estimate of drug-likeness (QED) is 0.409. The molecule has 0 radical (unpaired) electrons. The van der Waals surface area contributed by atoms with E-state index in [1.54, 1.807) is 6.92 Å². The maximum Gasteiger partial charge on any atom is 0.573 e. The van der Waals surface area contributed by atoms with Crippen molar-refractivity contribution in [3.8, 4) is 28.8 Å². The molecule has 0 aliphatic carbocycles. The van der Waals surface area contributed by atoms with Crippen LogP contribution in [0.15, 0.2) is 42.6 Å². The molecule has 30 heavy (non-hydrogen) atoms. The Bertz CT molecular complexity index is 1030. The van der Waals surface area contributed by atoms with Gasteiger partial charge in [-0.25, -0.2) is 9.78 Å². The average Bonchev–Trinajstić information content (AvgIpc) is 2.69. The predicted molar refractivity (Wildman–Crippen MR) is 97.2 cm³/mol. The Balaban J connectivity index is 1.94. The van der Waals surface area contributed by atoms with E-state index < -0.39 is 18.1 Å². The minimum atomic E-state index is -4.81. The lowest BCUT2D eigenvalue weighted by molar-refractivity contribution is -0.274. The summed E-state index contributed by atoms with van der Waals surface area (Å²) >= 11 is 5.74. The normalized spacial score (nSPS) is 11.1. The van der Waals surface area contributed by atoms with Gasteiger partial charge in [-0.3, -0.25) is 0 Å². The lowest BCUT2D eigenvalue weighted by Crippen LogP contribution is -2.17. The van der Waals surface area contributed by atoms with Gasteiger partial charge in [0.15, 0.2) is 5.82 Å². The molecule has 3 aromatic rings. The van der Waals surface area contributed by atoms with Crippen LogP contribution in [0.25, 0.3) is 11.4 Å². The summed E-state index contributed by atoms with van der Waals surface area (Å²) in [6.45, 7) is 1.70. The van der Waals surface area contributed by atoms with Crippen molar-refractivity contribution in [3.63, 3.8) is 0 Å². The summed E-state index contributed by atoms with van der Waals surface area (Å²) in [7, 11) is 0. The van der Waals surface area contributed by atoms with Gasteiger partial charge >= 0.3 is 12.3 Å². The smallest absolute Gasteiger partial charge is 0.461 e. The van der Waals surface area contributed by atoms with Crippen LogP contribution in [0.2, 0.25) is 5.15 Å². The molecule has 0 saturated carbocycles. The van der Waals surface area contributed by atoms with Crippen molar-refractivity contribution >= 4 is 17.6 Å². The number of pyridine rings is 1. The number of esters is 1. The van der Waals surface area contributed by atoms with Gasteiger partial charge in [0, 0.05) is 5.56 Å². The summed E-state index contributed by atoms with van der Waals surface area (Å²) in [5.74, 6) is -1.23. The highest BCUT2D eigenvalue weighted by atomic mass is 35.5. The number of benzene rings is 1. The van der Waals surface area contributed by atoms with E-state index in [1.807, 2.05) is 0 Å². The van der Waals surface area contributed by atoms with E-state index in [1.165, 1.54) is 30.5 Å². The molecule has 2 heterocycles. The second-order valence-electron chi connectivity index (χ2n) is 5.50. The van der Waals surface area contributed by atoms with E-state index in [2.05, 4.69) is 24.9 Å². The van der Waals surface area contributed by atoms with Crippen molar-refractivity contribution in [2.75, 3.05) is 6.61 Å². The van der Waals surface area contributed by atoms with Gasteiger partial charge in [-0.05, 0) is 43.3 Å². The van der Waals surface area contributed by atoms with Crippen molar-refractivity contribution in [2.45, 2.75) is 13.3 Å². The van der Waals surface area contributed by atoms with Crippen LogP contribution in [-0.2, 0) is 4.74 Å². The first-order valence-corrected chi connectivity index (χ1v) is 8.70. The van der Waals surface area contributed by atoms with Crippen LogP contribution in [0.4, 0.5) is 13.2 Å². The molecule has 0 bridgehead atoms. The first kappa shape index (κ1) is 21.2. The standard InChI is InChI=1S/C18H12ClF3N4O4/c1-2-28-17(27)14-16(29-12-7-8-13(19)23-9-12)24-15(26-25-14)10-3-5-11(6-4-10)30-18(20,21)22/h3-9H,2H2,1H3. The molecule has 3 rings (SSSR count). The first-order valence-electron chi connectivity index (χ1n) is 8.32. The highest BCUT2D eigenvalue weighted by Crippen LogP contribution is 2.28. The molecule has 156 valence electrons. The van der Waals surface area contributed by atoms with Gasteiger partial charge < -0.3 is 14.2 Å². The molecule has 0 aliphatic rings. The number of nitrogens with zero attached hydrogens (tertiary/aromatic N) is 4. The summed E-state index contributed by atoms with van der Waals surface area (Å²) in [5.41, 5.74) is 0.0269. The lowest BCUT2D eigenvalue weighted by Gasteiger charge is -2.11. The number of carbonyl (C=O) groups excluding carboxylic acids is 1. The molecule has 0 atom stereocenters. The molecule has 1 aromatic carbocycles. The molecule has 2 aromatic heterocycles. The van der Waals surface area contributed by atoms with Crippen molar-refractivity contribution in [1.29, 1.82) is 0 Å². The van der Waals surface area contributed by atoms with Gasteiger partial charge in [0.05, 0.1) is 12.8 Å². The fourth-order valence-electron chi connectivity index (χ4n) is 2.17. The zero-order chi connectivity index (χ0) is 21.7. The third-order valence-corrected chi connectivity index (χ3v) is 3.61. The summed E-state index contributed by atoms with van der Waals surface area (Å²) in [6.07, 6.45) is -3.50. The molecule has 0 saturated heterocycles. The zero-order valence-corrected chi connectivity index (χ0v) is 15.9. The molecular weight excluding hydrogens is 429 g/mol. The van der Waals surface area contributed by atoms with Crippen molar-refractivity contribution < 1.29 is 32.2 Å². The van der Waals surface area contributed by atoms with Gasteiger partial charge in [-0.1, -0.05) is 11.6 Å². The Morgan fingerprint density at radius 3 is 2.37 bits per heavy atom. The Kier molecular flexibility index (Phi) is 6.31. The van der Waals surface area contributed by atoms with Crippen LogP contribution < -0.4 is 9.47 Å². The van der Waals surface area contributed by atoms with E-state index in [4.69, 9.17) is 21.1 Å². The number of alkyl halides is 3. The molecule has 0 fully saturated rings. The Labute approximate surface area is 172 Å². The number of rotatable bonds is 6. The van der Waals surface area contributed by atoms with E-state index in [9.17, 15) is 18.0 Å². The molecular formula is C18H12ClF3N4O4. The molecule has 0 amide bonds. The van der Waals surface area contributed by atoms with Crippen molar-refractivity contribution in [3.05, 3.63) is 53.4 Å². The second kappa shape index (κ2) is 8.91. The fourth-order valence-corrected chi connectivity index (χ4v) is 2.28. The van der Waals surface area contributed by atoms with Crippen LogP contribution in [-0.4, -0.2) is 39.1 Å². The van der Waals surface area contributed by atoms with E-state index in [0.717, 1.165) is 12.1 Å². The largest absolute Gasteiger partial charge is 0.573 e. The molecule has 8 nitrogen and oxygen atoms in total. The average molecular weight is 441 g/mol. The van der Waals surface area contributed by atoms with Crippen LogP contribution in [0.3, 0.4) is 0 Å². The molecule has 0 N–H and O–H groups in total. The van der Waals surface area contributed by atoms with Crippen LogP contribution in [0.5, 0.6) is 17.4 Å². The third kappa shape index (κ3) is 5.54. The van der Waals surface area contributed by atoms with Gasteiger partial charge in [0.25, 0.3) is 5.88 Å². The Hall–Kier alpha value is -3.47. The number of ether oxygens (including phenoxy) is 3. The summed E-state index contributed by atoms with van der Waals surface area (Å²) in [5, 5.41) is 7.86.